The molecule has 0 saturated heterocycles. The van der Waals surface area contributed by atoms with Crippen molar-refractivity contribution in [2.24, 2.45) is 0 Å². The summed E-state index contributed by atoms with van der Waals surface area (Å²) in [6, 6.07) is 12.5. The molecule has 0 spiro atoms. The number of para-hydroxylation sites is 2. The topological polar surface area (TPSA) is 29.3 Å². The molecule has 20 heavy (non-hydrogen) atoms. The molecule has 0 aliphatic carbocycles. The molecule has 0 unspecified atom stereocenters. The van der Waals surface area contributed by atoms with E-state index >= 15 is 0 Å². The first-order valence-corrected chi connectivity index (χ1v) is 6.09. The minimum Gasteiger partial charge on any atom is -0.397 e. The zero-order chi connectivity index (χ0) is 14.8. The van der Waals surface area contributed by atoms with Crippen molar-refractivity contribution in [3.63, 3.8) is 0 Å². The maximum absolute atomic E-state index is 12.5. The quantitative estimate of drug-likeness (QED) is 0.863. The van der Waals surface area contributed by atoms with Gasteiger partial charge in [-0.25, -0.2) is 0 Å². The third-order valence-electron chi connectivity index (χ3n) is 3.05. The predicted molar refractivity (Wildman–Crippen MR) is 74.4 cm³/mol. The highest BCUT2D eigenvalue weighted by Crippen LogP contribution is 2.29. The van der Waals surface area contributed by atoms with Crippen molar-refractivity contribution in [2.75, 3.05) is 17.7 Å². The lowest BCUT2D eigenvalue weighted by atomic mass is 10.1. The van der Waals surface area contributed by atoms with Crippen LogP contribution in [0, 0.1) is 0 Å². The lowest BCUT2D eigenvalue weighted by molar-refractivity contribution is -0.137. The highest BCUT2D eigenvalue weighted by Gasteiger charge is 2.29. The average molecular weight is 280 g/mol. The summed E-state index contributed by atoms with van der Waals surface area (Å²) in [5.74, 6) is 0. The Kier molecular flexibility index (Phi) is 3.88. The summed E-state index contributed by atoms with van der Waals surface area (Å²) in [6.45, 7) is 0.492. The zero-order valence-electron chi connectivity index (χ0n) is 11.0. The van der Waals surface area contributed by atoms with E-state index in [9.17, 15) is 13.2 Å². The van der Waals surface area contributed by atoms with Crippen LogP contribution in [0.3, 0.4) is 0 Å². The van der Waals surface area contributed by atoms with Gasteiger partial charge < -0.3 is 10.6 Å². The normalized spacial score (nSPS) is 11.4. The van der Waals surface area contributed by atoms with E-state index in [4.69, 9.17) is 5.73 Å². The number of anilines is 2. The average Bonchev–Trinajstić information content (AvgIpc) is 2.38. The van der Waals surface area contributed by atoms with Crippen molar-refractivity contribution in [1.29, 1.82) is 0 Å². The number of hydrogen-bond donors (Lipinski definition) is 1. The van der Waals surface area contributed by atoms with Crippen LogP contribution in [0.2, 0.25) is 0 Å². The fourth-order valence-electron chi connectivity index (χ4n) is 1.99. The second-order valence-electron chi connectivity index (χ2n) is 4.61. The van der Waals surface area contributed by atoms with Crippen LogP contribution in [0.25, 0.3) is 0 Å². The van der Waals surface area contributed by atoms with Crippen LogP contribution in [-0.4, -0.2) is 7.05 Å². The fraction of sp³-hybridized carbons (Fsp3) is 0.200. The molecule has 0 fully saturated rings. The Morgan fingerprint density at radius 2 is 1.60 bits per heavy atom. The molecule has 0 aliphatic heterocycles. The van der Waals surface area contributed by atoms with Gasteiger partial charge >= 0.3 is 6.18 Å². The summed E-state index contributed by atoms with van der Waals surface area (Å²) in [7, 11) is 1.85. The van der Waals surface area contributed by atoms with E-state index in [1.807, 2.05) is 30.1 Å². The molecule has 0 heterocycles. The van der Waals surface area contributed by atoms with Gasteiger partial charge in [-0.3, -0.25) is 0 Å². The van der Waals surface area contributed by atoms with Gasteiger partial charge in [0.2, 0.25) is 0 Å². The smallest absolute Gasteiger partial charge is 0.397 e. The minimum absolute atomic E-state index is 0.492. The highest BCUT2D eigenvalue weighted by molar-refractivity contribution is 5.66. The third-order valence-corrected chi connectivity index (χ3v) is 3.05. The summed E-state index contributed by atoms with van der Waals surface area (Å²) < 4.78 is 37.4. The Morgan fingerprint density at radius 3 is 2.15 bits per heavy atom. The number of nitrogen functional groups attached to an aromatic ring is 1. The predicted octanol–water partition coefficient (Wildman–Crippen LogP) is 3.92. The monoisotopic (exact) mass is 280 g/mol. The van der Waals surface area contributed by atoms with E-state index < -0.39 is 11.7 Å². The maximum Gasteiger partial charge on any atom is 0.416 e. The second-order valence-corrected chi connectivity index (χ2v) is 4.61. The van der Waals surface area contributed by atoms with E-state index in [-0.39, 0.29) is 0 Å². The second kappa shape index (κ2) is 5.45. The summed E-state index contributed by atoms with van der Waals surface area (Å²) in [6.07, 6.45) is -4.30. The van der Waals surface area contributed by atoms with Crippen molar-refractivity contribution in [3.05, 3.63) is 59.7 Å². The van der Waals surface area contributed by atoms with E-state index in [2.05, 4.69) is 0 Å². The van der Waals surface area contributed by atoms with Gasteiger partial charge in [-0.1, -0.05) is 24.3 Å². The molecule has 2 nitrogen and oxygen atoms in total. The molecule has 0 aromatic heterocycles. The highest BCUT2D eigenvalue weighted by atomic mass is 19.4. The van der Waals surface area contributed by atoms with Crippen LogP contribution >= 0.6 is 0 Å². The van der Waals surface area contributed by atoms with Crippen LogP contribution in [0.4, 0.5) is 24.5 Å². The van der Waals surface area contributed by atoms with E-state index in [1.165, 1.54) is 12.1 Å². The largest absolute Gasteiger partial charge is 0.416 e. The molecule has 2 aromatic carbocycles. The number of rotatable bonds is 3. The SMILES string of the molecule is CN(Cc1ccc(C(F)(F)F)cc1)c1ccccc1N. The van der Waals surface area contributed by atoms with E-state index in [0.29, 0.717) is 12.2 Å². The number of alkyl halides is 3. The zero-order valence-corrected chi connectivity index (χ0v) is 11.0. The van der Waals surface area contributed by atoms with Crippen LogP contribution in [0.5, 0.6) is 0 Å². The first-order valence-electron chi connectivity index (χ1n) is 6.09. The fourth-order valence-corrected chi connectivity index (χ4v) is 1.99. The Bertz CT molecular complexity index is 576. The summed E-state index contributed by atoms with van der Waals surface area (Å²) >= 11 is 0. The summed E-state index contributed by atoms with van der Waals surface area (Å²) in [5.41, 5.74) is 7.52. The lowest BCUT2D eigenvalue weighted by Gasteiger charge is -2.21. The first kappa shape index (κ1) is 14.2. The standard InChI is InChI=1S/C15H15F3N2/c1-20(14-5-3-2-4-13(14)19)10-11-6-8-12(9-7-11)15(16,17)18/h2-9H,10,19H2,1H3. The van der Waals surface area contributed by atoms with Crippen LogP contribution in [-0.2, 0) is 12.7 Å². The van der Waals surface area contributed by atoms with E-state index in [0.717, 1.165) is 23.4 Å². The van der Waals surface area contributed by atoms with Gasteiger partial charge in [0.05, 0.1) is 16.9 Å². The third kappa shape index (κ3) is 3.23. The van der Waals surface area contributed by atoms with Gasteiger partial charge in [0.15, 0.2) is 0 Å². The minimum atomic E-state index is -4.30. The number of hydrogen-bond acceptors (Lipinski definition) is 2. The Hall–Kier alpha value is -2.17. The van der Waals surface area contributed by atoms with Crippen molar-refractivity contribution in [3.8, 4) is 0 Å². The molecule has 0 saturated carbocycles. The van der Waals surface area contributed by atoms with Crippen molar-refractivity contribution < 1.29 is 13.2 Å². The van der Waals surface area contributed by atoms with Gasteiger partial charge in [0, 0.05) is 13.6 Å². The maximum atomic E-state index is 12.5. The van der Waals surface area contributed by atoms with E-state index in [1.54, 1.807) is 6.07 Å². The van der Waals surface area contributed by atoms with Gasteiger partial charge in [0.1, 0.15) is 0 Å². The van der Waals surface area contributed by atoms with Gasteiger partial charge in [-0.2, -0.15) is 13.2 Å². The Morgan fingerprint density at radius 1 is 1.00 bits per heavy atom. The molecule has 0 atom stereocenters. The van der Waals surface area contributed by atoms with Crippen LogP contribution in [0.1, 0.15) is 11.1 Å². The van der Waals surface area contributed by atoms with Crippen molar-refractivity contribution in [2.45, 2.75) is 12.7 Å². The van der Waals surface area contributed by atoms with Gasteiger partial charge in [0.25, 0.3) is 0 Å². The molecule has 0 aliphatic rings. The molecule has 0 bridgehead atoms. The first-order chi connectivity index (χ1) is 9.38. The molecular formula is C15H15F3N2. The lowest BCUT2D eigenvalue weighted by Crippen LogP contribution is -2.17. The van der Waals surface area contributed by atoms with Gasteiger partial charge in [-0.15, -0.1) is 0 Å². The molecule has 0 amide bonds. The summed E-state index contributed by atoms with van der Waals surface area (Å²) in [4.78, 5) is 1.90. The Balaban J connectivity index is 2.13. The van der Waals surface area contributed by atoms with Crippen LogP contribution < -0.4 is 10.6 Å². The molecule has 2 N–H and O–H groups in total. The molecule has 5 heteroatoms. The van der Waals surface area contributed by atoms with Crippen molar-refractivity contribution >= 4 is 11.4 Å². The molecule has 2 aromatic rings. The molecule has 2 rings (SSSR count). The Labute approximate surface area is 115 Å². The van der Waals surface area contributed by atoms with Crippen LogP contribution in [0.15, 0.2) is 48.5 Å². The molecular weight excluding hydrogens is 265 g/mol. The number of nitrogens with two attached hydrogens (primary N) is 1. The number of nitrogens with zero attached hydrogens (tertiary/aromatic N) is 1. The number of benzene rings is 2. The van der Waals surface area contributed by atoms with Gasteiger partial charge in [-0.05, 0) is 29.8 Å². The number of halogens is 3. The molecule has 0 radical (unpaired) electrons. The van der Waals surface area contributed by atoms with Crippen molar-refractivity contribution in [1.82, 2.24) is 0 Å². The molecule has 106 valence electrons. The summed E-state index contributed by atoms with van der Waals surface area (Å²) in [5, 5.41) is 0.